The monoisotopic (exact) mass is 414 g/mol. The number of para-hydroxylation sites is 1. The maximum atomic E-state index is 12.7. The first-order valence-corrected chi connectivity index (χ1v) is 10.6. The molecule has 0 saturated heterocycles. The predicted molar refractivity (Wildman–Crippen MR) is 128 cm³/mol. The van der Waals surface area contributed by atoms with Crippen molar-refractivity contribution < 1.29 is 4.79 Å². The lowest BCUT2D eigenvalue weighted by molar-refractivity contribution is -0.125. The van der Waals surface area contributed by atoms with E-state index in [0.29, 0.717) is 6.54 Å². The molecule has 1 aromatic carbocycles. The standard InChI is InChI=1S/C26H30N4O/c1-17-22-13-19(15-27-25(22)28-18(2)26(17,3)4)11-12-24(31)29(5)16-21-14-20-9-7-8-10-23(20)30(21)6/h7-15,17H,2,16H2,1,3-6H3,(H,27,28)/b12-11+. The highest BCUT2D eigenvalue weighted by molar-refractivity contribution is 5.91. The van der Waals surface area contributed by atoms with Crippen LogP contribution in [0.3, 0.4) is 0 Å². The summed E-state index contributed by atoms with van der Waals surface area (Å²) in [6, 6.07) is 12.5. The average molecular weight is 415 g/mol. The van der Waals surface area contributed by atoms with Gasteiger partial charge in [0.1, 0.15) is 5.82 Å². The summed E-state index contributed by atoms with van der Waals surface area (Å²) in [4.78, 5) is 19.0. The van der Waals surface area contributed by atoms with Crippen LogP contribution >= 0.6 is 0 Å². The van der Waals surface area contributed by atoms with Gasteiger partial charge in [-0.1, -0.05) is 45.5 Å². The van der Waals surface area contributed by atoms with Crippen LogP contribution in [0.5, 0.6) is 0 Å². The van der Waals surface area contributed by atoms with Gasteiger partial charge in [-0.05, 0) is 46.7 Å². The third-order valence-corrected chi connectivity index (χ3v) is 6.78. The third-order valence-electron chi connectivity index (χ3n) is 6.78. The van der Waals surface area contributed by atoms with Gasteiger partial charge < -0.3 is 14.8 Å². The van der Waals surface area contributed by atoms with Gasteiger partial charge in [0.2, 0.25) is 5.91 Å². The van der Waals surface area contributed by atoms with E-state index in [9.17, 15) is 4.79 Å². The number of anilines is 1. The molecule has 31 heavy (non-hydrogen) atoms. The zero-order valence-corrected chi connectivity index (χ0v) is 18.9. The van der Waals surface area contributed by atoms with Crippen molar-refractivity contribution in [3.8, 4) is 0 Å². The van der Waals surface area contributed by atoms with Gasteiger partial charge >= 0.3 is 0 Å². The molecule has 3 aromatic rings. The van der Waals surface area contributed by atoms with E-state index in [-0.39, 0.29) is 17.2 Å². The van der Waals surface area contributed by atoms with Crippen molar-refractivity contribution in [2.24, 2.45) is 12.5 Å². The third kappa shape index (κ3) is 3.76. The average Bonchev–Trinajstić information content (AvgIpc) is 3.06. The Morgan fingerprint density at radius 2 is 2.06 bits per heavy atom. The van der Waals surface area contributed by atoms with Crippen molar-refractivity contribution in [1.29, 1.82) is 0 Å². The van der Waals surface area contributed by atoms with E-state index in [4.69, 9.17) is 0 Å². The van der Waals surface area contributed by atoms with Gasteiger partial charge in [0.05, 0.1) is 6.54 Å². The number of fused-ring (bicyclic) bond motifs is 2. The summed E-state index contributed by atoms with van der Waals surface area (Å²) in [7, 11) is 3.87. The molecule has 0 spiro atoms. The Bertz CT molecular complexity index is 1200. The fourth-order valence-electron chi connectivity index (χ4n) is 4.09. The highest BCUT2D eigenvalue weighted by Crippen LogP contribution is 2.47. The lowest BCUT2D eigenvalue weighted by Gasteiger charge is -2.40. The van der Waals surface area contributed by atoms with Crippen LogP contribution in [-0.2, 0) is 18.4 Å². The summed E-state index contributed by atoms with van der Waals surface area (Å²) < 4.78 is 2.14. The van der Waals surface area contributed by atoms with E-state index < -0.39 is 0 Å². The molecule has 1 N–H and O–H groups in total. The topological polar surface area (TPSA) is 50.2 Å². The Labute approximate surface area is 184 Å². The number of aryl methyl sites for hydroxylation is 1. The Balaban J connectivity index is 1.49. The molecule has 160 valence electrons. The van der Waals surface area contributed by atoms with Crippen LogP contribution < -0.4 is 5.32 Å². The van der Waals surface area contributed by atoms with Gasteiger partial charge in [-0.15, -0.1) is 0 Å². The molecule has 0 radical (unpaired) electrons. The number of allylic oxidation sites excluding steroid dienone is 1. The second-order valence-electron chi connectivity index (χ2n) is 9.03. The molecular formula is C26H30N4O. The Morgan fingerprint density at radius 1 is 1.32 bits per heavy atom. The first kappa shape index (κ1) is 20.9. The van der Waals surface area contributed by atoms with Gasteiger partial charge in [0.25, 0.3) is 0 Å². The van der Waals surface area contributed by atoms with Crippen molar-refractivity contribution in [3.05, 3.63) is 77.8 Å². The van der Waals surface area contributed by atoms with E-state index in [2.05, 4.69) is 66.5 Å². The molecule has 1 amide bonds. The van der Waals surface area contributed by atoms with Gasteiger partial charge in [0.15, 0.2) is 0 Å². The van der Waals surface area contributed by atoms with Gasteiger partial charge in [-0.25, -0.2) is 4.98 Å². The number of hydrogen-bond donors (Lipinski definition) is 1. The quantitative estimate of drug-likeness (QED) is 0.588. The number of aromatic nitrogens is 2. The number of amides is 1. The highest BCUT2D eigenvalue weighted by atomic mass is 16.2. The number of hydrogen-bond acceptors (Lipinski definition) is 3. The number of likely N-dealkylation sites (N-methyl/N-ethyl adjacent to an activating group) is 1. The Kier molecular flexibility index (Phi) is 5.21. The molecule has 5 heteroatoms. The molecule has 0 fully saturated rings. The molecular weight excluding hydrogens is 384 g/mol. The van der Waals surface area contributed by atoms with Crippen LogP contribution in [0.4, 0.5) is 5.82 Å². The van der Waals surface area contributed by atoms with Crippen molar-refractivity contribution in [3.63, 3.8) is 0 Å². The van der Waals surface area contributed by atoms with Crippen LogP contribution in [0.1, 0.15) is 43.5 Å². The van der Waals surface area contributed by atoms with Crippen LogP contribution in [0, 0.1) is 5.41 Å². The predicted octanol–water partition coefficient (Wildman–Crippen LogP) is 5.31. The number of nitrogens with one attached hydrogen (secondary N) is 1. The molecule has 4 rings (SSSR count). The molecule has 1 aliphatic heterocycles. The summed E-state index contributed by atoms with van der Waals surface area (Å²) >= 11 is 0. The first-order chi connectivity index (χ1) is 14.7. The molecule has 1 aliphatic rings. The van der Waals surface area contributed by atoms with Crippen LogP contribution in [0.15, 0.2) is 60.9 Å². The minimum Gasteiger partial charge on any atom is -0.346 e. The Hall–Kier alpha value is -3.34. The largest absolute Gasteiger partial charge is 0.346 e. The minimum absolute atomic E-state index is 0.0390. The zero-order chi connectivity index (χ0) is 22.3. The molecule has 3 heterocycles. The second-order valence-corrected chi connectivity index (χ2v) is 9.03. The van der Waals surface area contributed by atoms with Crippen LogP contribution in [0.2, 0.25) is 0 Å². The minimum atomic E-state index is -0.0638. The number of pyridine rings is 1. The summed E-state index contributed by atoms with van der Waals surface area (Å²) in [6.45, 7) is 11.3. The van der Waals surface area contributed by atoms with Crippen molar-refractivity contribution in [2.45, 2.75) is 33.2 Å². The van der Waals surface area contributed by atoms with Crippen molar-refractivity contribution in [1.82, 2.24) is 14.5 Å². The number of benzene rings is 1. The summed E-state index contributed by atoms with van der Waals surface area (Å²) in [5.74, 6) is 1.10. The summed E-state index contributed by atoms with van der Waals surface area (Å²) in [5.41, 5.74) is 5.25. The van der Waals surface area contributed by atoms with Gasteiger partial charge in [0, 0.05) is 48.7 Å². The fraction of sp³-hybridized carbons (Fsp3) is 0.308. The SMILES string of the molecule is C=C1Nc2ncc(/C=C/C(=O)N(C)Cc3cc4ccccc4n3C)cc2C(C)C1(C)C. The molecule has 1 unspecified atom stereocenters. The number of carbonyl (C=O) groups excluding carboxylic acids is 1. The number of carbonyl (C=O) groups is 1. The van der Waals surface area contributed by atoms with Crippen LogP contribution in [-0.4, -0.2) is 27.4 Å². The van der Waals surface area contributed by atoms with E-state index in [0.717, 1.165) is 28.3 Å². The molecule has 1 atom stereocenters. The smallest absolute Gasteiger partial charge is 0.246 e. The van der Waals surface area contributed by atoms with E-state index in [1.54, 1.807) is 17.2 Å². The lowest BCUT2D eigenvalue weighted by Crippen LogP contribution is -2.31. The lowest BCUT2D eigenvalue weighted by atomic mass is 9.71. The normalized spacial score (nSPS) is 17.6. The highest BCUT2D eigenvalue weighted by Gasteiger charge is 2.36. The van der Waals surface area contributed by atoms with E-state index in [1.165, 1.54) is 10.9 Å². The van der Waals surface area contributed by atoms with Crippen LogP contribution in [0.25, 0.3) is 17.0 Å². The summed E-state index contributed by atoms with van der Waals surface area (Å²) in [6.07, 6.45) is 5.26. The number of rotatable bonds is 4. The molecule has 2 aromatic heterocycles. The zero-order valence-electron chi connectivity index (χ0n) is 18.9. The second kappa shape index (κ2) is 7.73. The Morgan fingerprint density at radius 3 is 2.81 bits per heavy atom. The first-order valence-electron chi connectivity index (χ1n) is 10.6. The molecule has 0 aliphatic carbocycles. The van der Waals surface area contributed by atoms with E-state index in [1.807, 2.05) is 32.3 Å². The summed E-state index contributed by atoms with van der Waals surface area (Å²) in [5, 5.41) is 4.51. The van der Waals surface area contributed by atoms with Gasteiger partial charge in [-0.3, -0.25) is 4.79 Å². The number of nitrogens with zero attached hydrogens (tertiary/aromatic N) is 3. The fourth-order valence-corrected chi connectivity index (χ4v) is 4.09. The maximum absolute atomic E-state index is 12.7. The van der Waals surface area contributed by atoms with Gasteiger partial charge in [-0.2, -0.15) is 0 Å². The molecule has 0 saturated carbocycles. The molecule has 5 nitrogen and oxygen atoms in total. The maximum Gasteiger partial charge on any atom is 0.246 e. The van der Waals surface area contributed by atoms with Crippen molar-refractivity contribution >= 4 is 28.7 Å². The van der Waals surface area contributed by atoms with Crippen molar-refractivity contribution in [2.75, 3.05) is 12.4 Å². The van der Waals surface area contributed by atoms with E-state index >= 15 is 0 Å². The molecule has 0 bridgehead atoms.